The normalized spacial score (nSPS) is 11.4. The third-order valence-corrected chi connectivity index (χ3v) is 3.58. The first-order valence-electron chi connectivity index (χ1n) is 5.87. The fraction of sp³-hybridized carbons (Fsp3) is 0.231. The molecule has 0 fully saturated rings. The Morgan fingerprint density at radius 3 is 2.67 bits per heavy atom. The van der Waals surface area contributed by atoms with Crippen molar-refractivity contribution in [1.29, 1.82) is 0 Å². The zero-order chi connectivity index (χ0) is 15.6. The van der Waals surface area contributed by atoms with E-state index in [1.807, 2.05) is 6.92 Å². The van der Waals surface area contributed by atoms with Crippen molar-refractivity contribution in [3.63, 3.8) is 0 Å². The van der Waals surface area contributed by atoms with Gasteiger partial charge in [-0.25, -0.2) is 9.78 Å². The number of anilines is 1. The van der Waals surface area contributed by atoms with Gasteiger partial charge in [0.1, 0.15) is 5.01 Å². The standard InChI is InChI=1S/C13H11F3N2O2S/c1-7-5-18-11(21-7)6-17-8-2-3-9(12(19)20)10(4-8)13(14,15)16/h2-5,17H,6H2,1H3,(H,19,20). The summed E-state index contributed by atoms with van der Waals surface area (Å²) in [6.07, 6.45) is -3.04. The number of aromatic nitrogens is 1. The molecular weight excluding hydrogens is 305 g/mol. The molecule has 0 aliphatic rings. The lowest BCUT2D eigenvalue weighted by Gasteiger charge is -2.13. The van der Waals surface area contributed by atoms with Gasteiger partial charge in [-0.15, -0.1) is 11.3 Å². The van der Waals surface area contributed by atoms with Crippen LogP contribution in [-0.4, -0.2) is 16.1 Å². The maximum Gasteiger partial charge on any atom is 0.417 e. The molecule has 0 saturated heterocycles. The molecule has 0 radical (unpaired) electrons. The van der Waals surface area contributed by atoms with E-state index in [2.05, 4.69) is 10.3 Å². The molecule has 2 rings (SSSR count). The summed E-state index contributed by atoms with van der Waals surface area (Å²) >= 11 is 1.43. The van der Waals surface area contributed by atoms with Gasteiger partial charge in [0.15, 0.2) is 0 Å². The molecule has 0 aliphatic heterocycles. The number of aryl methyl sites for hydroxylation is 1. The molecule has 0 aliphatic carbocycles. The molecule has 1 heterocycles. The highest BCUT2D eigenvalue weighted by atomic mass is 32.1. The minimum absolute atomic E-state index is 0.195. The van der Waals surface area contributed by atoms with Crippen molar-refractivity contribution < 1.29 is 23.1 Å². The molecule has 21 heavy (non-hydrogen) atoms. The fourth-order valence-electron chi connectivity index (χ4n) is 1.74. The van der Waals surface area contributed by atoms with Gasteiger partial charge in [-0.2, -0.15) is 13.2 Å². The van der Waals surface area contributed by atoms with Crippen LogP contribution in [0.5, 0.6) is 0 Å². The van der Waals surface area contributed by atoms with E-state index in [4.69, 9.17) is 5.11 Å². The van der Waals surface area contributed by atoms with Crippen LogP contribution in [0.1, 0.15) is 25.8 Å². The Balaban J connectivity index is 2.23. The topological polar surface area (TPSA) is 62.2 Å². The number of nitrogens with zero attached hydrogens (tertiary/aromatic N) is 1. The maximum absolute atomic E-state index is 12.9. The van der Waals surface area contributed by atoms with Gasteiger partial charge >= 0.3 is 12.1 Å². The van der Waals surface area contributed by atoms with E-state index < -0.39 is 23.3 Å². The van der Waals surface area contributed by atoms with E-state index in [1.54, 1.807) is 6.20 Å². The zero-order valence-corrected chi connectivity index (χ0v) is 11.7. The van der Waals surface area contributed by atoms with Gasteiger partial charge in [0.25, 0.3) is 0 Å². The van der Waals surface area contributed by atoms with Gasteiger partial charge in [-0.05, 0) is 25.1 Å². The third kappa shape index (κ3) is 3.72. The fourth-order valence-corrected chi connectivity index (χ4v) is 2.46. The summed E-state index contributed by atoms with van der Waals surface area (Å²) < 4.78 is 38.6. The smallest absolute Gasteiger partial charge is 0.417 e. The molecule has 0 spiro atoms. The lowest BCUT2D eigenvalue weighted by Crippen LogP contribution is -2.13. The highest BCUT2D eigenvalue weighted by Gasteiger charge is 2.35. The van der Waals surface area contributed by atoms with E-state index in [-0.39, 0.29) is 12.2 Å². The Hall–Kier alpha value is -2.09. The SMILES string of the molecule is Cc1cnc(CNc2ccc(C(=O)O)c(C(F)(F)F)c2)s1. The van der Waals surface area contributed by atoms with E-state index in [9.17, 15) is 18.0 Å². The Labute approximate surface area is 122 Å². The van der Waals surface area contributed by atoms with Crippen LogP contribution in [0.3, 0.4) is 0 Å². The number of nitrogens with one attached hydrogen (secondary N) is 1. The number of alkyl halides is 3. The van der Waals surface area contributed by atoms with Crippen LogP contribution in [0.25, 0.3) is 0 Å². The van der Waals surface area contributed by atoms with Crippen LogP contribution in [0.15, 0.2) is 24.4 Å². The summed E-state index contributed by atoms with van der Waals surface area (Å²) in [5.74, 6) is -1.61. The molecule has 0 bridgehead atoms. The van der Waals surface area contributed by atoms with Crippen LogP contribution < -0.4 is 5.32 Å². The number of thiazole rings is 1. The number of carbonyl (C=O) groups is 1. The van der Waals surface area contributed by atoms with Crippen molar-refractivity contribution in [1.82, 2.24) is 4.98 Å². The van der Waals surface area contributed by atoms with Crippen molar-refractivity contribution in [2.24, 2.45) is 0 Å². The van der Waals surface area contributed by atoms with E-state index in [0.29, 0.717) is 0 Å². The molecule has 0 unspecified atom stereocenters. The largest absolute Gasteiger partial charge is 0.478 e. The average molecular weight is 316 g/mol. The Kier molecular flexibility index (Phi) is 4.17. The number of halogens is 3. The van der Waals surface area contributed by atoms with Crippen molar-refractivity contribution in [3.05, 3.63) is 45.4 Å². The Bertz CT molecular complexity index is 668. The lowest BCUT2D eigenvalue weighted by molar-refractivity contribution is -0.138. The van der Waals surface area contributed by atoms with Crippen molar-refractivity contribution in [2.45, 2.75) is 19.6 Å². The molecule has 2 aromatic rings. The first-order valence-corrected chi connectivity index (χ1v) is 6.69. The van der Waals surface area contributed by atoms with Crippen LogP contribution in [-0.2, 0) is 12.7 Å². The van der Waals surface area contributed by atoms with Crippen LogP contribution in [0.2, 0.25) is 0 Å². The van der Waals surface area contributed by atoms with E-state index >= 15 is 0 Å². The van der Waals surface area contributed by atoms with Crippen LogP contribution in [0.4, 0.5) is 18.9 Å². The van der Waals surface area contributed by atoms with E-state index in [0.717, 1.165) is 22.0 Å². The molecule has 4 nitrogen and oxygen atoms in total. The van der Waals surface area contributed by atoms with Crippen LogP contribution >= 0.6 is 11.3 Å². The van der Waals surface area contributed by atoms with Gasteiger partial charge in [-0.1, -0.05) is 0 Å². The maximum atomic E-state index is 12.9. The zero-order valence-electron chi connectivity index (χ0n) is 10.9. The number of benzene rings is 1. The van der Waals surface area contributed by atoms with Gasteiger partial charge in [0, 0.05) is 16.8 Å². The summed E-state index contributed by atoms with van der Waals surface area (Å²) in [5.41, 5.74) is -1.74. The molecule has 1 aromatic carbocycles. The lowest BCUT2D eigenvalue weighted by atomic mass is 10.1. The predicted octanol–water partition coefficient (Wildman–Crippen LogP) is 3.78. The predicted molar refractivity (Wildman–Crippen MR) is 72.6 cm³/mol. The summed E-state index contributed by atoms with van der Waals surface area (Å²) in [4.78, 5) is 15.9. The summed E-state index contributed by atoms with van der Waals surface area (Å²) in [6.45, 7) is 2.16. The van der Waals surface area contributed by atoms with Gasteiger partial charge in [0.2, 0.25) is 0 Å². The molecule has 0 atom stereocenters. The quantitative estimate of drug-likeness (QED) is 0.901. The summed E-state index contributed by atoms with van der Waals surface area (Å²) in [6, 6.07) is 3.05. The van der Waals surface area contributed by atoms with Crippen molar-refractivity contribution in [2.75, 3.05) is 5.32 Å². The number of hydrogen-bond acceptors (Lipinski definition) is 4. The molecule has 2 N–H and O–H groups in total. The number of carboxylic acids is 1. The highest BCUT2D eigenvalue weighted by molar-refractivity contribution is 7.11. The minimum Gasteiger partial charge on any atom is -0.478 e. The third-order valence-electron chi connectivity index (χ3n) is 2.67. The second-order valence-corrected chi connectivity index (χ2v) is 5.60. The summed E-state index contributed by atoms with van der Waals surface area (Å²) in [5, 5.41) is 12.3. The monoisotopic (exact) mass is 316 g/mol. The van der Waals surface area contributed by atoms with Crippen molar-refractivity contribution >= 4 is 23.0 Å². The van der Waals surface area contributed by atoms with Crippen molar-refractivity contribution in [3.8, 4) is 0 Å². The van der Waals surface area contributed by atoms with Gasteiger partial charge in [0.05, 0.1) is 17.7 Å². The minimum atomic E-state index is -4.72. The molecule has 112 valence electrons. The number of carboxylic acid groups (broad SMARTS) is 1. The second kappa shape index (κ2) is 5.72. The Morgan fingerprint density at radius 2 is 2.14 bits per heavy atom. The summed E-state index contributed by atoms with van der Waals surface area (Å²) in [7, 11) is 0. The van der Waals surface area contributed by atoms with Gasteiger partial charge in [-0.3, -0.25) is 0 Å². The van der Waals surface area contributed by atoms with Crippen LogP contribution in [0, 0.1) is 6.92 Å². The Morgan fingerprint density at radius 1 is 1.43 bits per heavy atom. The number of aromatic carboxylic acids is 1. The van der Waals surface area contributed by atoms with Gasteiger partial charge < -0.3 is 10.4 Å². The second-order valence-electron chi connectivity index (χ2n) is 4.28. The highest BCUT2D eigenvalue weighted by Crippen LogP contribution is 2.34. The number of rotatable bonds is 4. The average Bonchev–Trinajstić information content (AvgIpc) is 2.81. The first-order chi connectivity index (χ1) is 9.77. The first kappa shape index (κ1) is 15.3. The molecule has 0 saturated carbocycles. The number of hydrogen-bond donors (Lipinski definition) is 2. The molecule has 1 aromatic heterocycles. The van der Waals surface area contributed by atoms with E-state index in [1.165, 1.54) is 17.4 Å². The molecular formula is C13H11F3N2O2S. The molecule has 0 amide bonds. The molecule has 8 heteroatoms.